The molecule has 0 spiro atoms. The summed E-state index contributed by atoms with van der Waals surface area (Å²) >= 11 is 0. The molecular weight excluding hydrogens is 536 g/mol. The van der Waals surface area contributed by atoms with Crippen LogP contribution in [0.2, 0.25) is 25.7 Å². The Balaban J connectivity index is 1.91. The van der Waals surface area contributed by atoms with Gasteiger partial charge in [0.1, 0.15) is 29.5 Å². The minimum atomic E-state index is -1.68. The third-order valence-corrected chi connectivity index (χ3v) is 8.65. The van der Waals surface area contributed by atoms with Crippen LogP contribution in [0.1, 0.15) is 50.2 Å². The van der Waals surface area contributed by atoms with Crippen LogP contribution in [0.4, 0.5) is 4.79 Å². The number of nitrogens with zero attached hydrogens (tertiary/aromatic N) is 4. The number of aryl methyl sites for hydroxylation is 1. The summed E-state index contributed by atoms with van der Waals surface area (Å²) < 4.78 is 20.9. The molecule has 41 heavy (non-hydrogen) atoms. The fourth-order valence-electron chi connectivity index (χ4n) is 4.98. The van der Waals surface area contributed by atoms with Crippen LogP contribution in [0.3, 0.4) is 0 Å². The lowest BCUT2D eigenvalue weighted by atomic mass is 9.89. The maximum absolute atomic E-state index is 13.1. The zero-order valence-corrected chi connectivity index (χ0v) is 26.5. The van der Waals surface area contributed by atoms with Gasteiger partial charge in [-0.25, -0.2) is 9.78 Å². The van der Waals surface area contributed by atoms with Crippen LogP contribution in [0.15, 0.2) is 36.5 Å². The summed E-state index contributed by atoms with van der Waals surface area (Å²) in [7, 11) is 0.238. The van der Waals surface area contributed by atoms with Gasteiger partial charge in [0, 0.05) is 31.8 Å². The molecule has 0 radical (unpaired) electrons. The number of methoxy groups -OCH3 is 1. The largest absolute Gasteiger partial charge is 0.496 e. The zero-order chi connectivity index (χ0) is 30.3. The minimum Gasteiger partial charge on any atom is -0.496 e. The van der Waals surface area contributed by atoms with E-state index in [0.717, 1.165) is 17.1 Å². The Labute approximate surface area is 242 Å². The van der Waals surface area contributed by atoms with Crippen molar-refractivity contribution >= 4 is 36.1 Å². The first kappa shape index (κ1) is 30.3. The molecule has 218 valence electrons. The van der Waals surface area contributed by atoms with Crippen molar-refractivity contribution in [1.82, 2.24) is 14.1 Å². The van der Waals surface area contributed by atoms with Crippen molar-refractivity contribution in [3.8, 4) is 11.8 Å². The lowest BCUT2D eigenvalue weighted by Gasteiger charge is -2.28. The number of aliphatic hydroxyl groups is 1. The second-order valence-electron chi connectivity index (χ2n) is 12.8. The molecule has 0 fully saturated rings. The number of hydrogen-bond donors (Lipinski definition) is 1. The first-order valence-corrected chi connectivity index (χ1v) is 17.4. The van der Waals surface area contributed by atoms with Gasteiger partial charge in [-0.2, -0.15) is 5.26 Å². The van der Waals surface area contributed by atoms with Crippen molar-refractivity contribution in [2.45, 2.75) is 78.2 Å². The highest BCUT2D eigenvalue weighted by Crippen LogP contribution is 2.43. The number of carbonyl (C=O) groups excluding carboxylic acids is 1. The highest BCUT2D eigenvalue weighted by Gasteiger charge is 2.38. The van der Waals surface area contributed by atoms with E-state index in [1.165, 1.54) is 4.57 Å². The van der Waals surface area contributed by atoms with Gasteiger partial charge in [-0.05, 0) is 76.6 Å². The molecule has 0 aliphatic carbocycles. The first-order chi connectivity index (χ1) is 19.1. The Morgan fingerprint density at radius 2 is 1.85 bits per heavy atom. The monoisotopic (exact) mass is 576 g/mol. The predicted octanol–water partition coefficient (Wildman–Crippen LogP) is 6.53. The van der Waals surface area contributed by atoms with E-state index in [1.807, 2.05) is 38.3 Å². The average Bonchev–Trinajstić information content (AvgIpc) is 3.47. The lowest BCUT2D eigenvalue weighted by Crippen LogP contribution is -2.30. The highest BCUT2D eigenvalue weighted by molar-refractivity contribution is 6.76. The van der Waals surface area contributed by atoms with Crippen molar-refractivity contribution in [2.75, 3.05) is 13.7 Å². The SMILES string of the molecule is COc1cc(C)c2c(ccn2C(=O)OC(C)(C)C)c1C(C)(O)c1nc2cc(C#N)ccc2n1COCC[Si](C)(C)C. The molecule has 0 aliphatic heterocycles. The zero-order valence-electron chi connectivity index (χ0n) is 25.5. The van der Waals surface area contributed by atoms with Crippen LogP contribution in [0, 0.1) is 18.3 Å². The van der Waals surface area contributed by atoms with E-state index >= 15 is 0 Å². The molecule has 0 saturated carbocycles. The molecule has 0 amide bonds. The van der Waals surface area contributed by atoms with E-state index in [4.69, 9.17) is 19.2 Å². The molecule has 2 aromatic heterocycles. The quantitative estimate of drug-likeness (QED) is 0.187. The Morgan fingerprint density at radius 1 is 1.15 bits per heavy atom. The van der Waals surface area contributed by atoms with Gasteiger partial charge in [0.25, 0.3) is 0 Å². The molecule has 2 heterocycles. The Hall–Kier alpha value is -3.65. The number of rotatable bonds is 8. The second-order valence-corrected chi connectivity index (χ2v) is 18.4. The van der Waals surface area contributed by atoms with E-state index in [9.17, 15) is 15.2 Å². The lowest BCUT2D eigenvalue weighted by molar-refractivity contribution is 0.0541. The van der Waals surface area contributed by atoms with Crippen LogP contribution < -0.4 is 4.74 Å². The van der Waals surface area contributed by atoms with E-state index in [0.29, 0.717) is 45.7 Å². The van der Waals surface area contributed by atoms with Gasteiger partial charge < -0.3 is 23.9 Å². The van der Waals surface area contributed by atoms with E-state index in [2.05, 4.69) is 25.7 Å². The van der Waals surface area contributed by atoms with Crippen molar-refractivity contribution < 1.29 is 24.1 Å². The summed E-state index contributed by atoms with van der Waals surface area (Å²) in [6.07, 6.45) is 1.13. The van der Waals surface area contributed by atoms with Gasteiger partial charge >= 0.3 is 6.09 Å². The molecule has 1 unspecified atom stereocenters. The van der Waals surface area contributed by atoms with E-state index < -0.39 is 25.4 Å². The van der Waals surface area contributed by atoms with E-state index in [-0.39, 0.29) is 6.73 Å². The van der Waals surface area contributed by atoms with Gasteiger partial charge in [0.05, 0.1) is 35.3 Å². The molecule has 4 aromatic rings. The van der Waals surface area contributed by atoms with Crippen molar-refractivity contribution in [1.29, 1.82) is 5.26 Å². The van der Waals surface area contributed by atoms with Gasteiger partial charge in [-0.1, -0.05) is 19.6 Å². The third kappa shape index (κ3) is 6.17. The number of imidazole rings is 1. The maximum atomic E-state index is 13.1. The van der Waals surface area contributed by atoms with E-state index in [1.54, 1.807) is 44.5 Å². The van der Waals surface area contributed by atoms with Crippen LogP contribution >= 0.6 is 0 Å². The van der Waals surface area contributed by atoms with Gasteiger partial charge in [0.15, 0.2) is 0 Å². The normalized spacial score (nSPS) is 13.8. The summed E-state index contributed by atoms with van der Waals surface area (Å²) in [5, 5.41) is 22.5. The van der Waals surface area contributed by atoms with Gasteiger partial charge in [0.2, 0.25) is 0 Å². The maximum Gasteiger partial charge on any atom is 0.419 e. The fourth-order valence-corrected chi connectivity index (χ4v) is 5.74. The number of aromatic nitrogens is 3. The van der Waals surface area contributed by atoms with Crippen LogP contribution in [-0.2, 0) is 21.8 Å². The molecule has 1 N–H and O–H groups in total. The fraction of sp³-hybridized carbons (Fsp3) is 0.452. The summed E-state index contributed by atoms with van der Waals surface area (Å²) in [4.78, 5) is 17.9. The standard InChI is InChI=1S/C31H40N4O5Si/c1-20-16-25(38-6)26(22-12-13-34(27(20)22)29(36)40-30(2,3)4)31(5,37)28-33-23-17-21(18-32)10-11-24(23)35(28)19-39-14-15-41(7,8)9/h10-13,16-17,37H,14-15,19H2,1-9H3. The Kier molecular flexibility index (Phi) is 8.11. The summed E-state index contributed by atoms with van der Waals surface area (Å²) in [6.45, 7) is 16.6. The van der Waals surface area contributed by atoms with Gasteiger partial charge in [-0.15, -0.1) is 0 Å². The molecule has 0 aliphatic rings. The third-order valence-electron chi connectivity index (χ3n) is 6.95. The average molecular weight is 577 g/mol. The number of benzene rings is 2. The Bertz CT molecular complexity index is 1650. The van der Waals surface area contributed by atoms with Crippen LogP contribution in [0.5, 0.6) is 5.75 Å². The summed E-state index contributed by atoms with van der Waals surface area (Å²) in [5.41, 5.74) is 1.28. The second kappa shape index (κ2) is 11.0. The number of ether oxygens (including phenoxy) is 3. The first-order valence-electron chi connectivity index (χ1n) is 13.7. The predicted molar refractivity (Wildman–Crippen MR) is 162 cm³/mol. The van der Waals surface area contributed by atoms with Crippen LogP contribution in [-0.4, -0.2) is 52.7 Å². The summed E-state index contributed by atoms with van der Waals surface area (Å²) in [6, 6.07) is 12.0. The molecule has 0 bridgehead atoms. The molecule has 2 aromatic carbocycles. The molecule has 1 atom stereocenters. The molecule has 4 rings (SSSR count). The van der Waals surface area contributed by atoms with Crippen molar-refractivity contribution in [3.05, 3.63) is 59.0 Å². The number of hydrogen-bond acceptors (Lipinski definition) is 7. The minimum absolute atomic E-state index is 0.175. The molecule has 0 saturated heterocycles. The topological polar surface area (TPSA) is 112 Å². The highest BCUT2D eigenvalue weighted by atomic mass is 28.3. The molecular formula is C31H40N4O5Si. The smallest absolute Gasteiger partial charge is 0.419 e. The molecule has 10 heteroatoms. The molecule has 9 nitrogen and oxygen atoms in total. The van der Waals surface area contributed by atoms with Crippen LogP contribution in [0.25, 0.3) is 21.9 Å². The number of nitriles is 1. The van der Waals surface area contributed by atoms with Crippen molar-refractivity contribution in [3.63, 3.8) is 0 Å². The van der Waals surface area contributed by atoms with Crippen molar-refractivity contribution in [2.24, 2.45) is 0 Å². The van der Waals surface area contributed by atoms with Gasteiger partial charge in [-0.3, -0.25) is 4.57 Å². The number of fused-ring (bicyclic) bond motifs is 2. The summed E-state index contributed by atoms with van der Waals surface area (Å²) in [5.74, 6) is 0.793. The number of carbonyl (C=O) groups is 1. The Morgan fingerprint density at radius 3 is 2.46 bits per heavy atom.